The van der Waals surface area contributed by atoms with Crippen molar-refractivity contribution in [3.05, 3.63) is 70.8 Å². The van der Waals surface area contributed by atoms with Gasteiger partial charge in [0.2, 0.25) is 5.91 Å². The Labute approximate surface area is 191 Å². The summed E-state index contributed by atoms with van der Waals surface area (Å²) in [7, 11) is 0. The van der Waals surface area contributed by atoms with Crippen LogP contribution in [0.3, 0.4) is 0 Å². The number of carbonyl (C=O) groups excluding carboxylic acids is 2. The molecule has 3 N–H and O–H groups in total. The summed E-state index contributed by atoms with van der Waals surface area (Å²) in [6.45, 7) is 3.07. The highest BCUT2D eigenvalue weighted by atomic mass is 19.4. The molecule has 0 aliphatic heterocycles. The Bertz CT molecular complexity index is 977. The Morgan fingerprint density at radius 3 is 1.94 bits per heavy atom. The van der Waals surface area contributed by atoms with E-state index in [4.69, 9.17) is 5.73 Å². The third kappa shape index (κ3) is 5.21. The molecule has 0 heterocycles. The summed E-state index contributed by atoms with van der Waals surface area (Å²) >= 11 is 0. The number of amides is 2. The minimum absolute atomic E-state index is 0.0432. The van der Waals surface area contributed by atoms with Gasteiger partial charge in [0.15, 0.2) is 5.60 Å². The minimum Gasteiger partial charge on any atom is -0.376 e. The average Bonchev–Trinajstić information content (AvgIpc) is 2.79. The number of hydrogen-bond donors (Lipinski definition) is 2. The normalized spacial score (nSPS) is 20.7. The van der Waals surface area contributed by atoms with Gasteiger partial charge >= 0.3 is 6.18 Å². The van der Waals surface area contributed by atoms with Gasteiger partial charge in [-0.3, -0.25) is 9.59 Å². The Balaban J connectivity index is 1.66. The molecule has 8 heteroatoms. The predicted octanol–water partition coefficient (Wildman–Crippen LogP) is 4.74. The predicted molar refractivity (Wildman–Crippen MR) is 119 cm³/mol. The highest BCUT2D eigenvalue weighted by molar-refractivity contribution is 5.94. The Hall–Kier alpha value is -2.87. The first-order valence-electron chi connectivity index (χ1n) is 11.1. The third-order valence-electron chi connectivity index (χ3n) is 6.65. The molecule has 1 aliphatic carbocycles. The van der Waals surface area contributed by atoms with E-state index in [-0.39, 0.29) is 17.5 Å². The quantitative estimate of drug-likeness (QED) is 0.650. The molecule has 2 aromatic rings. The van der Waals surface area contributed by atoms with Crippen LogP contribution in [0.15, 0.2) is 48.5 Å². The zero-order valence-corrected chi connectivity index (χ0v) is 18.7. The number of rotatable bonds is 6. The van der Waals surface area contributed by atoms with E-state index in [9.17, 15) is 27.9 Å². The van der Waals surface area contributed by atoms with Crippen molar-refractivity contribution < 1.29 is 27.9 Å². The van der Waals surface area contributed by atoms with Crippen LogP contribution in [-0.2, 0) is 5.60 Å². The maximum atomic E-state index is 13.1. The van der Waals surface area contributed by atoms with Gasteiger partial charge in [-0.25, -0.2) is 0 Å². The van der Waals surface area contributed by atoms with Crippen LogP contribution in [0.2, 0.25) is 0 Å². The molecule has 1 fully saturated rings. The second kappa shape index (κ2) is 9.55. The Morgan fingerprint density at radius 1 is 0.970 bits per heavy atom. The summed E-state index contributed by atoms with van der Waals surface area (Å²) in [6.07, 6.45) is -1.42. The van der Waals surface area contributed by atoms with Gasteiger partial charge in [0, 0.05) is 23.7 Å². The van der Waals surface area contributed by atoms with Crippen LogP contribution in [0.25, 0.3) is 0 Å². The van der Waals surface area contributed by atoms with Crippen LogP contribution in [-0.4, -0.2) is 40.6 Å². The van der Waals surface area contributed by atoms with Crippen molar-refractivity contribution in [1.29, 1.82) is 0 Å². The largest absolute Gasteiger partial charge is 0.421 e. The van der Waals surface area contributed by atoms with Gasteiger partial charge in [-0.1, -0.05) is 24.3 Å². The van der Waals surface area contributed by atoms with E-state index in [1.807, 2.05) is 19.1 Å². The fourth-order valence-corrected chi connectivity index (χ4v) is 4.47. The fourth-order valence-electron chi connectivity index (χ4n) is 4.47. The van der Waals surface area contributed by atoms with E-state index in [0.29, 0.717) is 30.5 Å². The van der Waals surface area contributed by atoms with E-state index in [1.54, 1.807) is 17.0 Å². The molecule has 0 unspecified atom stereocenters. The first-order valence-corrected chi connectivity index (χ1v) is 11.1. The SMILES string of the molecule is CCN(C(=O)c1ccc([C@](C)(O)C(F)(F)F)cc1)[C@H]1CC[C@H](c2ccc(C(N)=O)cc2)CC1. The molecule has 5 nitrogen and oxygen atoms in total. The summed E-state index contributed by atoms with van der Waals surface area (Å²) in [5.41, 5.74) is 3.91. The lowest BCUT2D eigenvalue weighted by Gasteiger charge is -2.37. The number of hydrogen-bond acceptors (Lipinski definition) is 3. The van der Waals surface area contributed by atoms with Gasteiger partial charge in [-0.15, -0.1) is 0 Å². The van der Waals surface area contributed by atoms with Crippen LogP contribution in [0.5, 0.6) is 0 Å². The van der Waals surface area contributed by atoms with Crippen molar-refractivity contribution in [1.82, 2.24) is 4.90 Å². The monoisotopic (exact) mass is 462 g/mol. The number of nitrogens with two attached hydrogens (primary N) is 1. The number of aliphatic hydroxyl groups is 1. The van der Waals surface area contributed by atoms with Gasteiger partial charge in [0.25, 0.3) is 5.91 Å². The van der Waals surface area contributed by atoms with E-state index >= 15 is 0 Å². The van der Waals surface area contributed by atoms with Crippen LogP contribution >= 0.6 is 0 Å². The van der Waals surface area contributed by atoms with Crippen molar-refractivity contribution >= 4 is 11.8 Å². The molecule has 2 amide bonds. The lowest BCUT2D eigenvalue weighted by Crippen LogP contribution is -2.42. The van der Waals surface area contributed by atoms with Gasteiger partial charge in [0.05, 0.1) is 0 Å². The molecule has 0 bridgehead atoms. The van der Waals surface area contributed by atoms with E-state index in [2.05, 4.69) is 0 Å². The van der Waals surface area contributed by atoms with E-state index in [1.165, 1.54) is 12.1 Å². The molecule has 0 saturated heterocycles. The van der Waals surface area contributed by atoms with Gasteiger partial charge in [-0.05, 0) is 80.8 Å². The molecule has 0 aromatic heterocycles. The van der Waals surface area contributed by atoms with Crippen LogP contribution < -0.4 is 5.73 Å². The lowest BCUT2D eigenvalue weighted by molar-refractivity contribution is -0.258. The summed E-state index contributed by atoms with van der Waals surface area (Å²) in [6, 6.07) is 12.3. The first-order chi connectivity index (χ1) is 15.5. The number of halogens is 3. The molecule has 0 radical (unpaired) electrons. The van der Waals surface area contributed by atoms with Crippen molar-refractivity contribution in [2.45, 2.75) is 63.3 Å². The number of carbonyl (C=O) groups is 2. The lowest BCUT2D eigenvalue weighted by atomic mass is 9.81. The summed E-state index contributed by atoms with van der Waals surface area (Å²) in [5.74, 6) is -0.358. The average molecular weight is 463 g/mol. The zero-order valence-electron chi connectivity index (χ0n) is 18.7. The standard InChI is InChI=1S/C25H29F3N2O3/c1-3-30(23(32)19-8-12-20(13-9-19)24(2,33)25(26,27)28)21-14-10-17(11-15-21)16-4-6-18(7-5-16)22(29)31/h4-9,12-13,17,21,33H,3,10-11,14-15H2,1-2H3,(H2,29,31)/t17-,21-,24-/m0/s1. The number of nitrogens with zero attached hydrogens (tertiary/aromatic N) is 1. The van der Waals surface area contributed by atoms with Crippen LogP contribution in [0, 0.1) is 0 Å². The van der Waals surface area contributed by atoms with Crippen molar-refractivity contribution in [2.24, 2.45) is 5.73 Å². The minimum atomic E-state index is -4.81. The highest BCUT2D eigenvalue weighted by Gasteiger charge is 2.51. The fraction of sp³-hybridized carbons (Fsp3) is 0.440. The zero-order chi connectivity index (χ0) is 24.4. The van der Waals surface area contributed by atoms with Crippen molar-refractivity contribution in [3.63, 3.8) is 0 Å². The first kappa shape index (κ1) is 24.8. The van der Waals surface area contributed by atoms with Crippen LogP contribution in [0.1, 0.15) is 77.3 Å². The van der Waals surface area contributed by atoms with Crippen molar-refractivity contribution in [2.75, 3.05) is 6.54 Å². The van der Waals surface area contributed by atoms with E-state index in [0.717, 1.165) is 43.4 Å². The number of alkyl halides is 3. The molecule has 3 rings (SSSR count). The molecule has 1 atom stereocenters. The topological polar surface area (TPSA) is 83.6 Å². The second-order valence-electron chi connectivity index (χ2n) is 8.73. The van der Waals surface area contributed by atoms with Gasteiger partial charge < -0.3 is 15.7 Å². The molecular formula is C25H29F3N2O3. The third-order valence-corrected chi connectivity index (χ3v) is 6.65. The summed E-state index contributed by atoms with van der Waals surface area (Å²) in [5, 5.41) is 9.83. The summed E-state index contributed by atoms with van der Waals surface area (Å²) in [4.78, 5) is 26.1. The smallest absolute Gasteiger partial charge is 0.376 e. The Morgan fingerprint density at radius 2 is 1.48 bits per heavy atom. The molecule has 33 heavy (non-hydrogen) atoms. The second-order valence-corrected chi connectivity index (χ2v) is 8.73. The van der Waals surface area contributed by atoms with Gasteiger partial charge in [0.1, 0.15) is 0 Å². The Kier molecular flexibility index (Phi) is 7.17. The van der Waals surface area contributed by atoms with Crippen LogP contribution in [0.4, 0.5) is 13.2 Å². The molecule has 0 spiro atoms. The van der Waals surface area contributed by atoms with E-state index < -0.39 is 17.7 Å². The molecular weight excluding hydrogens is 433 g/mol. The van der Waals surface area contributed by atoms with Gasteiger partial charge in [-0.2, -0.15) is 13.2 Å². The maximum absolute atomic E-state index is 13.1. The highest BCUT2D eigenvalue weighted by Crippen LogP contribution is 2.39. The molecule has 178 valence electrons. The maximum Gasteiger partial charge on any atom is 0.421 e. The number of benzene rings is 2. The summed E-state index contributed by atoms with van der Waals surface area (Å²) < 4.78 is 39.2. The number of primary amides is 1. The van der Waals surface area contributed by atoms with Crippen molar-refractivity contribution in [3.8, 4) is 0 Å². The molecule has 1 saturated carbocycles. The molecule has 2 aromatic carbocycles. The molecule has 1 aliphatic rings.